The lowest BCUT2D eigenvalue weighted by molar-refractivity contribution is -0.136. The Morgan fingerprint density at radius 1 is 0.741 bits per heavy atom. The van der Waals surface area contributed by atoms with Crippen molar-refractivity contribution in [1.29, 1.82) is 0 Å². The van der Waals surface area contributed by atoms with Crippen LogP contribution in [0.3, 0.4) is 0 Å². The van der Waals surface area contributed by atoms with E-state index in [2.05, 4.69) is 31.7 Å². The van der Waals surface area contributed by atoms with Gasteiger partial charge in [-0.25, -0.2) is 4.79 Å². The highest BCUT2D eigenvalue weighted by Gasteiger charge is 1.90. The van der Waals surface area contributed by atoms with Gasteiger partial charge in [-0.05, 0) is 12.8 Å². The lowest BCUT2D eigenvalue weighted by atomic mass is 10.1. The lowest BCUT2D eigenvalue weighted by Gasteiger charge is -1.98. The topological polar surface area (TPSA) is 26.3 Å². The largest absolute Gasteiger partial charge is 0.458 e. The van der Waals surface area contributed by atoms with E-state index in [1.807, 2.05) is 36.5 Å². The molecule has 0 fully saturated rings. The fraction of sp³-hybridized carbons (Fsp3) is 0.400. The summed E-state index contributed by atoms with van der Waals surface area (Å²) in [6, 6.07) is 0. The van der Waals surface area contributed by atoms with Gasteiger partial charge in [0.25, 0.3) is 0 Å². The summed E-state index contributed by atoms with van der Waals surface area (Å²) < 4.78 is 4.81. The first-order valence-electron chi connectivity index (χ1n) is 10.1. The Morgan fingerprint density at radius 3 is 1.85 bits per heavy atom. The molecule has 0 spiro atoms. The third-order valence-electron chi connectivity index (χ3n) is 3.69. The Labute approximate surface area is 166 Å². The zero-order chi connectivity index (χ0) is 19.8. The Morgan fingerprint density at radius 2 is 1.26 bits per heavy atom. The molecule has 0 amide bonds. The average Bonchev–Trinajstić information content (AvgIpc) is 2.68. The van der Waals surface area contributed by atoms with Crippen LogP contribution in [0.25, 0.3) is 0 Å². The summed E-state index contributed by atoms with van der Waals surface area (Å²) in [5, 5.41) is 0. The van der Waals surface area contributed by atoms with E-state index in [-0.39, 0.29) is 12.6 Å². The highest BCUT2D eigenvalue weighted by molar-refractivity contribution is 5.82. The highest BCUT2D eigenvalue weighted by Crippen LogP contribution is 2.08. The molecule has 0 radical (unpaired) electrons. The van der Waals surface area contributed by atoms with Gasteiger partial charge >= 0.3 is 5.97 Å². The molecule has 0 saturated heterocycles. The van der Waals surface area contributed by atoms with Gasteiger partial charge in [0.2, 0.25) is 0 Å². The van der Waals surface area contributed by atoms with E-state index in [0.29, 0.717) is 0 Å². The molecule has 0 saturated carbocycles. The predicted octanol–water partition coefficient (Wildman–Crippen LogP) is 7.19. The summed E-state index contributed by atoms with van der Waals surface area (Å²) in [5.41, 5.74) is 0. The molecule has 0 rings (SSSR count). The Hall–Kier alpha value is -2.35. The van der Waals surface area contributed by atoms with Crippen LogP contribution in [0.15, 0.2) is 85.6 Å². The van der Waals surface area contributed by atoms with Crippen LogP contribution >= 0.6 is 0 Å². The minimum Gasteiger partial charge on any atom is -0.458 e. The summed E-state index contributed by atoms with van der Waals surface area (Å²) in [5.74, 6) is -0.367. The molecule has 0 aliphatic carbocycles. The Balaban J connectivity index is 3.67. The van der Waals surface area contributed by atoms with Gasteiger partial charge in [0.15, 0.2) is 0 Å². The third kappa shape index (κ3) is 21.6. The molecule has 148 valence electrons. The fourth-order valence-corrected chi connectivity index (χ4v) is 2.23. The van der Waals surface area contributed by atoms with Gasteiger partial charge in [0.1, 0.15) is 6.61 Å². The van der Waals surface area contributed by atoms with E-state index in [1.165, 1.54) is 63.5 Å². The molecule has 0 aliphatic rings. The Kier molecular flexibility index (Phi) is 19.8. The van der Waals surface area contributed by atoms with Crippen molar-refractivity contribution in [2.24, 2.45) is 0 Å². The normalized spacial score (nSPS) is 12.6. The van der Waals surface area contributed by atoms with Gasteiger partial charge in [-0.3, -0.25) is 0 Å². The number of hydrogen-bond acceptors (Lipinski definition) is 2. The number of hydrogen-bond donors (Lipinski definition) is 0. The van der Waals surface area contributed by atoms with Crippen molar-refractivity contribution in [2.45, 2.75) is 58.3 Å². The standard InChI is InChI=1S/C25H36O2/c1-3-5-6-7-8-9-10-11-12-13-14-15-16-17-18-19-20-21-22-23-25(26)27-24-4-2/h4,12-23H,2-3,5-11,24H2,1H3. The van der Waals surface area contributed by atoms with Crippen LogP contribution in [0.5, 0.6) is 0 Å². The fourth-order valence-electron chi connectivity index (χ4n) is 2.23. The molecule has 0 N–H and O–H groups in total. The summed E-state index contributed by atoms with van der Waals surface area (Å²) in [4.78, 5) is 11.2. The van der Waals surface area contributed by atoms with Gasteiger partial charge in [-0.15, -0.1) is 0 Å². The van der Waals surface area contributed by atoms with Crippen molar-refractivity contribution in [3.8, 4) is 0 Å². The zero-order valence-electron chi connectivity index (χ0n) is 16.9. The van der Waals surface area contributed by atoms with Crippen LogP contribution in [0.2, 0.25) is 0 Å². The van der Waals surface area contributed by atoms with Crippen molar-refractivity contribution >= 4 is 5.97 Å². The molecule has 0 unspecified atom stereocenters. The van der Waals surface area contributed by atoms with Crippen LogP contribution in [0, 0.1) is 0 Å². The van der Waals surface area contributed by atoms with E-state index < -0.39 is 0 Å². The van der Waals surface area contributed by atoms with E-state index in [9.17, 15) is 4.79 Å². The molecule has 0 bridgehead atoms. The summed E-state index contributed by atoms with van der Waals surface area (Å²) in [6.45, 7) is 5.97. The summed E-state index contributed by atoms with van der Waals surface area (Å²) >= 11 is 0. The number of carbonyl (C=O) groups is 1. The zero-order valence-corrected chi connectivity index (χ0v) is 16.9. The van der Waals surface area contributed by atoms with Gasteiger partial charge in [0, 0.05) is 6.08 Å². The molecular formula is C25H36O2. The van der Waals surface area contributed by atoms with Gasteiger partial charge in [0.05, 0.1) is 0 Å². The first kappa shape index (κ1) is 24.7. The molecule has 27 heavy (non-hydrogen) atoms. The quantitative estimate of drug-likeness (QED) is 0.0947. The van der Waals surface area contributed by atoms with E-state index in [1.54, 1.807) is 12.2 Å². The van der Waals surface area contributed by atoms with E-state index >= 15 is 0 Å². The van der Waals surface area contributed by atoms with Gasteiger partial charge in [-0.1, -0.05) is 125 Å². The summed E-state index contributed by atoms with van der Waals surface area (Å²) in [7, 11) is 0. The first-order valence-corrected chi connectivity index (χ1v) is 10.1. The third-order valence-corrected chi connectivity index (χ3v) is 3.69. The summed E-state index contributed by atoms with van der Waals surface area (Å²) in [6.07, 6.45) is 35.1. The van der Waals surface area contributed by atoms with Crippen molar-refractivity contribution < 1.29 is 9.53 Å². The number of unbranched alkanes of at least 4 members (excludes halogenated alkanes) is 7. The second kappa shape index (κ2) is 21.7. The lowest BCUT2D eigenvalue weighted by Crippen LogP contribution is -1.99. The van der Waals surface area contributed by atoms with Crippen molar-refractivity contribution in [3.05, 3.63) is 85.6 Å². The van der Waals surface area contributed by atoms with Crippen molar-refractivity contribution in [1.82, 2.24) is 0 Å². The van der Waals surface area contributed by atoms with Crippen LogP contribution in [-0.4, -0.2) is 12.6 Å². The number of ether oxygens (including phenoxy) is 1. The number of carbonyl (C=O) groups excluding carboxylic acids is 1. The number of esters is 1. The van der Waals surface area contributed by atoms with E-state index in [0.717, 1.165) is 0 Å². The number of allylic oxidation sites excluding steroid dienone is 11. The molecule has 0 heterocycles. The molecule has 2 nitrogen and oxygen atoms in total. The molecule has 0 aliphatic heterocycles. The van der Waals surface area contributed by atoms with Crippen molar-refractivity contribution in [2.75, 3.05) is 6.61 Å². The van der Waals surface area contributed by atoms with Gasteiger partial charge < -0.3 is 4.74 Å². The maximum Gasteiger partial charge on any atom is 0.331 e. The maximum absolute atomic E-state index is 11.2. The molecule has 0 atom stereocenters. The van der Waals surface area contributed by atoms with Crippen LogP contribution in [0.4, 0.5) is 0 Å². The molecular weight excluding hydrogens is 332 g/mol. The predicted molar refractivity (Wildman–Crippen MR) is 119 cm³/mol. The van der Waals surface area contributed by atoms with Crippen LogP contribution in [0.1, 0.15) is 58.3 Å². The highest BCUT2D eigenvalue weighted by atomic mass is 16.5. The maximum atomic E-state index is 11.2. The molecule has 2 heteroatoms. The monoisotopic (exact) mass is 368 g/mol. The average molecular weight is 369 g/mol. The van der Waals surface area contributed by atoms with Crippen LogP contribution in [-0.2, 0) is 9.53 Å². The minimum absolute atomic E-state index is 0.236. The molecule has 0 aromatic heterocycles. The van der Waals surface area contributed by atoms with Crippen molar-refractivity contribution in [3.63, 3.8) is 0 Å². The second-order valence-corrected chi connectivity index (χ2v) is 6.16. The van der Waals surface area contributed by atoms with Gasteiger partial charge in [-0.2, -0.15) is 0 Å². The minimum atomic E-state index is -0.367. The Bertz CT molecular complexity index is 531. The SMILES string of the molecule is C=CCOC(=O)C=CC=CC=CC=CC=CC=CCCCCCCCCC. The van der Waals surface area contributed by atoms with E-state index in [4.69, 9.17) is 4.74 Å². The molecule has 0 aromatic carbocycles. The molecule has 0 aromatic rings. The second-order valence-electron chi connectivity index (χ2n) is 6.16. The number of rotatable bonds is 16. The first-order chi connectivity index (χ1) is 13.3. The smallest absolute Gasteiger partial charge is 0.331 e. The van der Waals surface area contributed by atoms with Crippen LogP contribution < -0.4 is 0 Å².